The van der Waals surface area contributed by atoms with Gasteiger partial charge in [0, 0.05) is 33.4 Å². The molecule has 272 valence electrons. The summed E-state index contributed by atoms with van der Waals surface area (Å²) in [4.78, 5) is 2.34. The zero-order valence-corrected chi connectivity index (χ0v) is 31.4. The molecule has 0 radical (unpaired) electrons. The van der Waals surface area contributed by atoms with Gasteiger partial charge in [0.2, 0.25) is 0 Å². The normalized spacial score (nSPS) is 13.1. The number of hydrogen-bond acceptors (Lipinski definition) is 2. The van der Waals surface area contributed by atoms with Gasteiger partial charge in [-0.3, -0.25) is 0 Å². The predicted molar refractivity (Wildman–Crippen MR) is 236 cm³/mol. The van der Waals surface area contributed by atoms with Crippen LogP contribution in [0.5, 0.6) is 0 Å². The lowest BCUT2D eigenvalue weighted by Gasteiger charge is -2.32. The predicted octanol–water partition coefficient (Wildman–Crippen LogP) is 14.9. The number of rotatable bonds is 5. The van der Waals surface area contributed by atoms with Crippen LogP contribution in [0.2, 0.25) is 0 Å². The summed E-state index contributed by atoms with van der Waals surface area (Å²) in [5.74, 6) is -0.230. The van der Waals surface area contributed by atoms with Crippen LogP contribution in [-0.4, -0.2) is 0 Å². The molecular formula is C55H34FNO. The van der Waals surface area contributed by atoms with Crippen molar-refractivity contribution in [2.24, 2.45) is 0 Å². The molecular weight excluding hydrogens is 710 g/mol. The third kappa shape index (κ3) is 4.65. The molecule has 2 aliphatic rings. The highest BCUT2D eigenvalue weighted by atomic mass is 19.1. The van der Waals surface area contributed by atoms with E-state index in [1.54, 1.807) is 12.1 Å². The quantitative estimate of drug-likeness (QED) is 0.175. The van der Waals surface area contributed by atoms with Gasteiger partial charge in [0.1, 0.15) is 17.0 Å². The average Bonchev–Trinajstić information content (AvgIpc) is 3.91. The molecule has 0 N–H and O–H groups in total. The fourth-order valence-corrected chi connectivity index (χ4v) is 9.88. The Labute approximate surface area is 335 Å². The summed E-state index contributed by atoms with van der Waals surface area (Å²) < 4.78 is 21.9. The van der Waals surface area contributed by atoms with E-state index in [4.69, 9.17) is 4.42 Å². The van der Waals surface area contributed by atoms with E-state index in [1.807, 2.05) is 24.3 Å². The van der Waals surface area contributed by atoms with E-state index < -0.39 is 5.41 Å². The first-order chi connectivity index (χ1) is 28.7. The number of benzene rings is 9. The van der Waals surface area contributed by atoms with Gasteiger partial charge in [-0.1, -0.05) is 152 Å². The van der Waals surface area contributed by atoms with Crippen LogP contribution < -0.4 is 4.90 Å². The van der Waals surface area contributed by atoms with Gasteiger partial charge in [0.15, 0.2) is 0 Å². The van der Waals surface area contributed by atoms with Crippen molar-refractivity contribution in [3.63, 3.8) is 0 Å². The molecule has 2 nitrogen and oxygen atoms in total. The second-order valence-corrected chi connectivity index (χ2v) is 15.3. The lowest BCUT2D eigenvalue weighted by Crippen LogP contribution is -2.26. The summed E-state index contributed by atoms with van der Waals surface area (Å²) in [6.07, 6.45) is 0. The summed E-state index contributed by atoms with van der Waals surface area (Å²) in [5.41, 5.74) is 17.7. The van der Waals surface area contributed by atoms with Crippen molar-refractivity contribution in [3.8, 4) is 44.5 Å². The Bertz CT molecular complexity index is 3190. The third-order valence-electron chi connectivity index (χ3n) is 12.4. The maximum Gasteiger partial charge on any atom is 0.143 e. The fraction of sp³-hybridized carbons (Fsp3) is 0.0182. The minimum Gasteiger partial charge on any atom is -0.455 e. The lowest BCUT2D eigenvalue weighted by atomic mass is 9.70. The molecule has 1 heterocycles. The number of hydrogen-bond donors (Lipinski definition) is 0. The molecule has 0 saturated carbocycles. The van der Waals surface area contributed by atoms with Crippen molar-refractivity contribution in [3.05, 3.63) is 234 Å². The minimum atomic E-state index is -0.673. The number of anilines is 3. The standard InChI is InChI=1S/C55H34FNO/c56-38-25-31-45-46-32-30-41(34-52(46)55(51(45)33-38)49-18-7-4-13-43(49)44-14-5-8-19-50(44)55)57(39-26-21-36(22-27-39)35-11-2-1-3-12-35)40-28-23-37(24-29-40)42-16-10-17-48-47-15-6-9-20-53(47)58-54(42)48/h1-34H. The van der Waals surface area contributed by atoms with Crippen molar-refractivity contribution in [2.75, 3.05) is 4.90 Å². The summed E-state index contributed by atoms with van der Waals surface area (Å²) in [7, 11) is 0. The molecule has 3 heteroatoms. The van der Waals surface area contributed by atoms with E-state index >= 15 is 4.39 Å². The van der Waals surface area contributed by atoms with E-state index in [0.29, 0.717) is 0 Å². The summed E-state index contributed by atoms with van der Waals surface area (Å²) >= 11 is 0. The van der Waals surface area contributed by atoms with E-state index in [1.165, 1.54) is 27.8 Å². The SMILES string of the molecule is Fc1ccc2c(c1)C1(c3ccccc3-c3ccccc31)c1cc(N(c3ccc(-c4ccccc4)cc3)c3ccc(-c4cccc5c4oc4ccccc45)cc3)ccc1-2. The van der Waals surface area contributed by atoms with Crippen molar-refractivity contribution < 1.29 is 8.81 Å². The number of fused-ring (bicyclic) bond motifs is 13. The first-order valence-corrected chi connectivity index (χ1v) is 19.8. The second-order valence-electron chi connectivity index (χ2n) is 15.3. The van der Waals surface area contributed by atoms with Gasteiger partial charge in [-0.15, -0.1) is 0 Å². The number of nitrogens with zero attached hydrogens (tertiary/aromatic N) is 1. The van der Waals surface area contributed by atoms with Gasteiger partial charge in [-0.2, -0.15) is 0 Å². The maximum atomic E-state index is 15.5. The van der Waals surface area contributed by atoms with Gasteiger partial charge in [0.25, 0.3) is 0 Å². The van der Waals surface area contributed by atoms with Crippen LogP contribution in [0.1, 0.15) is 22.3 Å². The average molecular weight is 744 g/mol. The van der Waals surface area contributed by atoms with Crippen LogP contribution in [0.25, 0.3) is 66.4 Å². The Hall–Kier alpha value is -7.49. The van der Waals surface area contributed by atoms with Gasteiger partial charge in [-0.05, 0) is 116 Å². The molecule has 12 rings (SSSR count). The van der Waals surface area contributed by atoms with Crippen LogP contribution in [0, 0.1) is 5.82 Å². The number of furan rings is 1. The fourth-order valence-electron chi connectivity index (χ4n) is 9.88. The monoisotopic (exact) mass is 743 g/mol. The Balaban J connectivity index is 1.05. The highest BCUT2D eigenvalue weighted by Gasteiger charge is 2.52. The van der Waals surface area contributed by atoms with Crippen LogP contribution in [-0.2, 0) is 5.41 Å². The molecule has 58 heavy (non-hydrogen) atoms. The topological polar surface area (TPSA) is 16.4 Å². The lowest BCUT2D eigenvalue weighted by molar-refractivity contribution is 0.622. The van der Waals surface area contributed by atoms with Crippen LogP contribution in [0.4, 0.5) is 21.5 Å². The molecule has 1 spiro atoms. The van der Waals surface area contributed by atoms with Crippen LogP contribution in [0.3, 0.4) is 0 Å². The van der Waals surface area contributed by atoms with Crippen molar-refractivity contribution in [1.29, 1.82) is 0 Å². The zero-order valence-electron chi connectivity index (χ0n) is 31.4. The van der Waals surface area contributed by atoms with Gasteiger partial charge < -0.3 is 9.32 Å². The Morgan fingerprint density at radius 2 is 0.879 bits per heavy atom. The van der Waals surface area contributed by atoms with Crippen molar-refractivity contribution >= 4 is 39.0 Å². The summed E-state index contributed by atoms with van der Waals surface area (Å²) in [6.45, 7) is 0. The van der Waals surface area contributed by atoms with Crippen molar-refractivity contribution in [2.45, 2.75) is 5.41 Å². The minimum absolute atomic E-state index is 0.230. The van der Waals surface area contributed by atoms with E-state index in [-0.39, 0.29) is 5.82 Å². The maximum absolute atomic E-state index is 15.5. The molecule has 10 aromatic rings. The largest absolute Gasteiger partial charge is 0.455 e. The second kappa shape index (κ2) is 12.5. The summed E-state index contributed by atoms with van der Waals surface area (Å²) in [5, 5.41) is 2.23. The highest BCUT2D eigenvalue weighted by molar-refractivity contribution is 6.09. The zero-order chi connectivity index (χ0) is 38.4. The van der Waals surface area contributed by atoms with E-state index in [2.05, 4.69) is 175 Å². The third-order valence-corrected chi connectivity index (χ3v) is 12.4. The Morgan fingerprint density at radius 3 is 1.60 bits per heavy atom. The smallest absolute Gasteiger partial charge is 0.143 e. The molecule has 0 fully saturated rings. The van der Waals surface area contributed by atoms with E-state index in [9.17, 15) is 0 Å². The van der Waals surface area contributed by atoms with Gasteiger partial charge in [0.05, 0.1) is 5.41 Å². The van der Waals surface area contributed by atoms with Crippen LogP contribution in [0.15, 0.2) is 211 Å². The molecule has 0 atom stereocenters. The van der Waals surface area contributed by atoms with Gasteiger partial charge in [-0.25, -0.2) is 4.39 Å². The number of halogens is 1. The Kier molecular flexibility index (Phi) is 7.06. The highest BCUT2D eigenvalue weighted by Crippen LogP contribution is 2.63. The molecule has 0 amide bonds. The van der Waals surface area contributed by atoms with E-state index in [0.717, 1.165) is 77.9 Å². The van der Waals surface area contributed by atoms with Crippen molar-refractivity contribution in [1.82, 2.24) is 0 Å². The molecule has 0 unspecified atom stereocenters. The molecule has 2 aliphatic carbocycles. The first kappa shape index (κ1) is 32.7. The molecule has 0 aliphatic heterocycles. The first-order valence-electron chi connectivity index (χ1n) is 19.8. The number of para-hydroxylation sites is 2. The molecule has 0 saturated heterocycles. The van der Waals surface area contributed by atoms with Gasteiger partial charge >= 0.3 is 0 Å². The molecule has 9 aromatic carbocycles. The van der Waals surface area contributed by atoms with Crippen LogP contribution >= 0.6 is 0 Å². The Morgan fingerprint density at radius 1 is 0.362 bits per heavy atom. The summed E-state index contributed by atoms with van der Waals surface area (Å²) in [6, 6.07) is 72.1. The molecule has 0 bridgehead atoms. The molecule has 1 aromatic heterocycles.